The number of halogens is 3. The number of carbonyl (C=O) groups excluding carboxylic acids is 1. The van der Waals surface area contributed by atoms with Gasteiger partial charge < -0.3 is 0 Å². The fraction of sp³-hybridized carbons (Fsp3) is 0.182. The quantitative estimate of drug-likeness (QED) is 0.734. The Morgan fingerprint density at radius 1 is 1.25 bits per heavy atom. The highest BCUT2D eigenvalue weighted by Crippen LogP contribution is 2.34. The summed E-state index contributed by atoms with van der Waals surface area (Å²) in [6.07, 6.45) is -4.85. The maximum Gasteiger partial charge on any atom is 0.393 e. The first kappa shape index (κ1) is 11.1. The van der Waals surface area contributed by atoms with Gasteiger partial charge in [-0.05, 0) is 17.0 Å². The molecule has 2 rings (SSSR count). The minimum Gasteiger partial charge on any atom is -0.297 e. The van der Waals surface area contributed by atoms with E-state index in [0.717, 1.165) is 11.3 Å². The van der Waals surface area contributed by atoms with Crippen molar-refractivity contribution in [1.82, 2.24) is 0 Å². The molecular weight excluding hydrogens is 237 g/mol. The average molecular weight is 244 g/mol. The number of thiophene rings is 1. The second-order valence-electron chi connectivity index (χ2n) is 3.35. The highest BCUT2D eigenvalue weighted by Gasteiger charge is 2.30. The van der Waals surface area contributed by atoms with E-state index in [0.29, 0.717) is 16.4 Å². The van der Waals surface area contributed by atoms with E-state index >= 15 is 0 Å². The van der Waals surface area contributed by atoms with E-state index in [1.165, 1.54) is 0 Å². The first-order chi connectivity index (χ1) is 7.51. The molecule has 0 aliphatic rings. The van der Waals surface area contributed by atoms with Gasteiger partial charge in [0.25, 0.3) is 0 Å². The van der Waals surface area contributed by atoms with Crippen LogP contribution in [0.25, 0.3) is 10.1 Å². The lowest BCUT2D eigenvalue weighted by Gasteiger charge is -2.05. The van der Waals surface area contributed by atoms with E-state index in [1.807, 2.05) is 0 Å². The van der Waals surface area contributed by atoms with Gasteiger partial charge in [0, 0.05) is 4.70 Å². The maximum atomic E-state index is 12.4. The van der Waals surface area contributed by atoms with Gasteiger partial charge in [-0.3, -0.25) is 4.79 Å². The molecule has 0 saturated carbocycles. The molecule has 0 fully saturated rings. The van der Waals surface area contributed by atoms with Crippen LogP contribution in [0.3, 0.4) is 0 Å². The van der Waals surface area contributed by atoms with Gasteiger partial charge in [0.2, 0.25) is 0 Å². The highest BCUT2D eigenvalue weighted by atomic mass is 32.1. The number of benzene rings is 1. The molecule has 0 unspecified atom stereocenters. The standard InChI is InChI=1S/C11H7F3OS/c12-11(13,14)5-8-7-3-1-2-4-9(7)16-10(8)6-15/h1-4,6H,5H2. The van der Waals surface area contributed by atoms with Crippen molar-refractivity contribution in [2.45, 2.75) is 12.6 Å². The second kappa shape index (κ2) is 3.90. The Morgan fingerprint density at radius 2 is 1.94 bits per heavy atom. The summed E-state index contributed by atoms with van der Waals surface area (Å²) in [4.78, 5) is 10.9. The Kier molecular flexibility index (Phi) is 2.71. The largest absolute Gasteiger partial charge is 0.393 e. The lowest BCUT2D eigenvalue weighted by atomic mass is 10.1. The van der Waals surface area contributed by atoms with Crippen molar-refractivity contribution < 1.29 is 18.0 Å². The van der Waals surface area contributed by atoms with E-state index in [2.05, 4.69) is 0 Å². The number of carbonyl (C=O) groups is 1. The first-order valence-corrected chi connectivity index (χ1v) is 5.35. The number of hydrogen-bond donors (Lipinski definition) is 0. The van der Waals surface area contributed by atoms with Crippen LogP contribution in [0.15, 0.2) is 24.3 Å². The Labute approximate surface area is 93.5 Å². The smallest absolute Gasteiger partial charge is 0.297 e. The molecule has 0 aliphatic carbocycles. The van der Waals surface area contributed by atoms with Gasteiger partial charge in [-0.25, -0.2) is 0 Å². The molecule has 0 atom stereocenters. The summed E-state index contributed by atoms with van der Waals surface area (Å²) in [6.45, 7) is 0. The van der Waals surface area contributed by atoms with Gasteiger partial charge in [0.05, 0.1) is 11.3 Å². The van der Waals surface area contributed by atoms with Gasteiger partial charge in [-0.1, -0.05) is 18.2 Å². The van der Waals surface area contributed by atoms with Crippen molar-refractivity contribution >= 4 is 27.7 Å². The van der Waals surface area contributed by atoms with Crippen LogP contribution < -0.4 is 0 Å². The van der Waals surface area contributed by atoms with Gasteiger partial charge in [-0.2, -0.15) is 13.2 Å². The molecule has 0 aliphatic heterocycles. The van der Waals surface area contributed by atoms with Crippen LogP contribution in [0, 0.1) is 0 Å². The van der Waals surface area contributed by atoms with E-state index in [9.17, 15) is 18.0 Å². The summed E-state index contributed by atoms with van der Waals surface area (Å²) < 4.78 is 37.8. The van der Waals surface area contributed by atoms with Crippen molar-refractivity contribution in [3.8, 4) is 0 Å². The molecule has 1 heterocycles. The predicted molar refractivity (Wildman–Crippen MR) is 57.0 cm³/mol. The normalized spacial score (nSPS) is 11.9. The van der Waals surface area contributed by atoms with E-state index in [1.54, 1.807) is 24.3 Å². The van der Waals surface area contributed by atoms with Crippen LogP contribution in [0.4, 0.5) is 13.2 Å². The lowest BCUT2D eigenvalue weighted by molar-refractivity contribution is -0.126. The molecular formula is C11H7F3OS. The second-order valence-corrected chi connectivity index (χ2v) is 4.43. The molecule has 1 nitrogen and oxygen atoms in total. The molecule has 5 heteroatoms. The minimum absolute atomic E-state index is 0.0862. The summed E-state index contributed by atoms with van der Waals surface area (Å²) in [5, 5.41) is 0.520. The summed E-state index contributed by atoms with van der Waals surface area (Å²) in [5.41, 5.74) is 0.0862. The molecule has 0 bridgehead atoms. The van der Waals surface area contributed by atoms with E-state index in [-0.39, 0.29) is 10.4 Å². The summed E-state index contributed by atoms with van der Waals surface area (Å²) in [5.74, 6) is 0. The third-order valence-electron chi connectivity index (χ3n) is 2.21. The van der Waals surface area contributed by atoms with Crippen molar-refractivity contribution in [2.24, 2.45) is 0 Å². The minimum atomic E-state index is -4.29. The van der Waals surface area contributed by atoms with Gasteiger partial charge in [-0.15, -0.1) is 11.3 Å². The zero-order valence-electron chi connectivity index (χ0n) is 8.04. The molecule has 16 heavy (non-hydrogen) atoms. The lowest BCUT2D eigenvalue weighted by Crippen LogP contribution is -2.12. The molecule has 0 spiro atoms. The number of aldehydes is 1. The molecule has 0 radical (unpaired) electrons. The topological polar surface area (TPSA) is 17.1 Å². The summed E-state index contributed by atoms with van der Waals surface area (Å²) >= 11 is 1.10. The number of hydrogen-bond acceptors (Lipinski definition) is 2. The van der Waals surface area contributed by atoms with Crippen LogP contribution >= 0.6 is 11.3 Å². The SMILES string of the molecule is O=Cc1sc2ccccc2c1CC(F)(F)F. The van der Waals surface area contributed by atoms with Crippen molar-refractivity contribution in [1.29, 1.82) is 0 Å². The number of fused-ring (bicyclic) bond motifs is 1. The van der Waals surface area contributed by atoms with Crippen molar-refractivity contribution in [2.75, 3.05) is 0 Å². The van der Waals surface area contributed by atoms with Crippen LogP contribution in [-0.2, 0) is 6.42 Å². The van der Waals surface area contributed by atoms with Crippen LogP contribution in [-0.4, -0.2) is 12.5 Å². The third kappa shape index (κ3) is 2.09. The molecule has 0 N–H and O–H groups in total. The van der Waals surface area contributed by atoms with Crippen LogP contribution in [0.1, 0.15) is 15.2 Å². The maximum absolute atomic E-state index is 12.4. The Morgan fingerprint density at radius 3 is 2.56 bits per heavy atom. The van der Waals surface area contributed by atoms with Crippen LogP contribution in [0.5, 0.6) is 0 Å². The van der Waals surface area contributed by atoms with Gasteiger partial charge in [0.15, 0.2) is 6.29 Å². The van der Waals surface area contributed by atoms with E-state index < -0.39 is 12.6 Å². The molecule has 0 saturated heterocycles. The average Bonchev–Trinajstić information content (AvgIpc) is 2.55. The zero-order chi connectivity index (χ0) is 11.8. The fourth-order valence-electron chi connectivity index (χ4n) is 1.60. The van der Waals surface area contributed by atoms with Gasteiger partial charge in [0.1, 0.15) is 0 Å². The Balaban J connectivity index is 2.60. The van der Waals surface area contributed by atoms with Crippen molar-refractivity contribution in [3.05, 3.63) is 34.7 Å². The molecule has 1 aromatic carbocycles. The zero-order valence-corrected chi connectivity index (χ0v) is 8.86. The Bertz CT molecular complexity index is 527. The summed E-state index contributed by atoms with van der Waals surface area (Å²) in [7, 11) is 0. The first-order valence-electron chi connectivity index (χ1n) is 4.53. The Hall–Kier alpha value is -1.36. The van der Waals surface area contributed by atoms with Crippen LogP contribution in [0.2, 0.25) is 0 Å². The molecule has 0 amide bonds. The van der Waals surface area contributed by atoms with E-state index in [4.69, 9.17) is 0 Å². The van der Waals surface area contributed by atoms with Crippen molar-refractivity contribution in [3.63, 3.8) is 0 Å². The molecule has 1 aromatic heterocycles. The summed E-state index contributed by atoms with van der Waals surface area (Å²) in [6, 6.07) is 6.74. The number of rotatable bonds is 2. The fourth-order valence-corrected chi connectivity index (χ4v) is 2.63. The number of alkyl halides is 3. The molecule has 84 valence electrons. The third-order valence-corrected chi connectivity index (χ3v) is 3.35. The van der Waals surface area contributed by atoms with Gasteiger partial charge >= 0.3 is 6.18 Å². The highest BCUT2D eigenvalue weighted by molar-refractivity contribution is 7.20. The molecule has 2 aromatic rings. The predicted octanol–water partition coefficient (Wildman–Crippen LogP) is 3.82. The monoisotopic (exact) mass is 244 g/mol.